The lowest BCUT2D eigenvalue weighted by Gasteiger charge is -2.35. The van der Waals surface area contributed by atoms with Crippen LogP contribution in [0.4, 0.5) is 0 Å². The molecule has 0 fully saturated rings. The number of allylic oxidation sites excluding steroid dienone is 6. The quantitative estimate of drug-likeness (QED) is 0.0250. The zero-order valence-electron chi connectivity index (χ0n) is 51.2. The number of fused-ring (bicyclic) bond motifs is 12. The van der Waals surface area contributed by atoms with Crippen molar-refractivity contribution in [1.82, 2.24) is 0 Å². The topological polar surface area (TPSA) is 129 Å². The van der Waals surface area contributed by atoms with E-state index in [4.69, 9.17) is 23.2 Å². The second-order valence-corrected chi connectivity index (χ2v) is 32.4. The molecule has 0 unspecified atom stereocenters. The molecule has 0 bridgehead atoms. The molecule has 0 radical (unpaired) electrons. The SMILES string of the molecule is CCCCCCCCC1(CCCCCCCC)c2cc3c(cc2-c2sc4cc(/C=C5\C(=O)c6sc(Cl)cc6C5=C(C#N)C#N)sc4c21)C(CCCCCCCC)(CCCCCCCC)c1c-3sc2cc(/C=C3\C(=O)c4sc(Cl)cc4C3=C(C#N)C#N)sc12. The molecule has 88 heavy (non-hydrogen) atoms. The minimum Gasteiger partial charge on any atom is -0.288 e. The fourth-order valence-corrected chi connectivity index (χ4v) is 22.9. The summed E-state index contributed by atoms with van der Waals surface area (Å²) in [6.45, 7) is 9.17. The Labute approximate surface area is 554 Å². The lowest BCUT2D eigenvalue weighted by Crippen LogP contribution is -2.27. The van der Waals surface area contributed by atoms with Crippen LogP contribution in [0.15, 0.2) is 58.7 Å². The highest BCUT2D eigenvalue weighted by Gasteiger charge is 2.51. The summed E-state index contributed by atoms with van der Waals surface area (Å²) in [5.74, 6) is -0.382. The number of nitrogens with zero attached hydrogens (tertiary/aromatic N) is 4. The van der Waals surface area contributed by atoms with Crippen LogP contribution in [0.2, 0.25) is 8.67 Å². The zero-order valence-corrected chi connectivity index (χ0v) is 57.6. The van der Waals surface area contributed by atoms with Crippen LogP contribution in [0.3, 0.4) is 0 Å². The number of unbranched alkanes of at least 4 members (excludes halogenated alkanes) is 20. The number of thiophene rings is 6. The fraction of sp³-hybridized carbons (Fsp3) is 0.459. The molecule has 4 aliphatic rings. The van der Waals surface area contributed by atoms with Crippen molar-refractivity contribution in [3.05, 3.63) is 120 Å². The summed E-state index contributed by atoms with van der Waals surface area (Å²) >= 11 is 22.7. The first-order valence-electron chi connectivity index (χ1n) is 32.5. The van der Waals surface area contributed by atoms with Crippen molar-refractivity contribution < 1.29 is 9.59 Å². The van der Waals surface area contributed by atoms with Crippen LogP contribution in [0.25, 0.3) is 63.0 Å². The lowest BCUT2D eigenvalue weighted by atomic mass is 9.68. The van der Waals surface area contributed by atoms with Crippen LogP contribution >= 0.6 is 91.2 Å². The fourth-order valence-electron chi connectivity index (χ4n) is 14.9. The van der Waals surface area contributed by atoms with E-state index in [0.717, 1.165) is 61.1 Å². The van der Waals surface area contributed by atoms with Gasteiger partial charge in [0.05, 0.1) is 27.8 Å². The average molecular weight is 1320 g/mol. The van der Waals surface area contributed by atoms with Crippen molar-refractivity contribution in [2.24, 2.45) is 0 Å². The van der Waals surface area contributed by atoms with Gasteiger partial charge in [-0.3, -0.25) is 9.59 Å². The Bertz CT molecular complexity index is 3820. The lowest BCUT2D eigenvalue weighted by molar-refractivity contribution is 0.103. The molecule has 0 spiro atoms. The molecule has 4 aliphatic carbocycles. The standard InChI is InChI=1S/C74H76Cl2N4O2S6/c1-5-9-13-17-21-25-29-73(30-26-22-18-14-10-6-2)55-37-50-56(38-49(55)67-63(73)71-57(85-67)35-47(83-71)33-51-61(45(41-77)42-78)53-39-59(75)87-69(53)65(51)81)74(31-27-23-19-15-11-7-3,32-28-24-20-16-12-8-4)64-68(50)86-58-36-48(84-72(58)64)34-52-62(46(43-79)44-80)54-40-60(76)88-70(54)66(52)82/h33-40H,5-32H2,1-4H3/b51-33-,52-34-. The Hall–Kier alpha value is -5.22. The van der Waals surface area contributed by atoms with E-state index >= 15 is 0 Å². The molecule has 1 aromatic carbocycles. The molecule has 0 atom stereocenters. The third-order valence-electron chi connectivity index (χ3n) is 19.1. The number of carbonyl (C=O) groups excluding carboxylic acids is 2. The summed E-state index contributed by atoms with van der Waals surface area (Å²) in [6.07, 6.45) is 37.2. The Morgan fingerprint density at radius 2 is 0.727 bits per heavy atom. The van der Waals surface area contributed by atoms with Gasteiger partial charge in [0.2, 0.25) is 11.6 Å². The minimum absolute atomic E-state index is 0.0785. The molecule has 0 saturated carbocycles. The molecular weight excluding hydrogens is 1240 g/mol. The molecule has 11 rings (SSSR count). The molecule has 0 saturated heterocycles. The molecule has 6 aromatic heterocycles. The van der Waals surface area contributed by atoms with E-state index in [0.29, 0.717) is 51.8 Å². The number of benzene rings is 1. The van der Waals surface area contributed by atoms with E-state index in [1.807, 2.05) is 34.8 Å². The Kier molecular flexibility index (Phi) is 20.8. The summed E-state index contributed by atoms with van der Waals surface area (Å²) in [5, 5.41) is 40.9. The summed E-state index contributed by atoms with van der Waals surface area (Å²) in [4.78, 5) is 34.2. The molecule has 454 valence electrons. The summed E-state index contributed by atoms with van der Waals surface area (Å²) in [5.41, 5.74) is 10.8. The maximum Gasteiger partial charge on any atom is 0.204 e. The van der Waals surface area contributed by atoms with E-state index in [2.05, 4.69) is 76.2 Å². The number of halogens is 2. The first-order valence-corrected chi connectivity index (χ1v) is 38.1. The highest BCUT2D eigenvalue weighted by Crippen LogP contribution is 2.67. The average Bonchev–Trinajstić information content (AvgIpc) is 1.52. The van der Waals surface area contributed by atoms with E-state index in [9.17, 15) is 30.6 Å². The molecule has 6 nitrogen and oxygen atoms in total. The maximum absolute atomic E-state index is 14.3. The van der Waals surface area contributed by atoms with Crippen molar-refractivity contribution in [2.75, 3.05) is 0 Å². The van der Waals surface area contributed by atoms with Crippen molar-refractivity contribution in [2.45, 2.75) is 218 Å². The van der Waals surface area contributed by atoms with Gasteiger partial charge < -0.3 is 0 Å². The van der Waals surface area contributed by atoms with Gasteiger partial charge in [-0.05, 0) is 108 Å². The zero-order chi connectivity index (χ0) is 61.7. The van der Waals surface area contributed by atoms with Crippen LogP contribution < -0.4 is 0 Å². The first kappa shape index (κ1) is 64.3. The highest BCUT2D eigenvalue weighted by molar-refractivity contribution is 7.31. The van der Waals surface area contributed by atoms with Gasteiger partial charge in [0.15, 0.2) is 0 Å². The molecule has 0 N–H and O–H groups in total. The smallest absolute Gasteiger partial charge is 0.204 e. The van der Waals surface area contributed by atoms with Gasteiger partial charge in [0.25, 0.3) is 0 Å². The summed E-state index contributed by atoms with van der Waals surface area (Å²) in [6, 6.07) is 21.8. The van der Waals surface area contributed by atoms with Crippen molar-refractivity contribution >= 4 is 145 Å². The molecule has 0 aliphatic heterocycles. The van der Waals surface area contributed by atoms with Crippen LogP contribution in [0, 0.1) is 45.3 Å². The van der Waals surface area contributed by atoms with Gasteiger partial charge in [-0.2, -0.15) is 21.0 Å². The van der Waals surface area contributed by atoms with Gasteiger partial charge in [-0.1, -0.05) is 205 Å². The van der Waals surface area contributed by atoms with Crippen LogP contribution in [-0.2, 0) is 10.8 Å². The number of hydrogen-bond acceptors (Lipinski definition) is 12. The summed E-state index contributed by atoms with van der Waals surface area (Å²) in [7, 11) is 0. The number of carbonyl (C=O) groups is 2. The van der Waals surface area contributed by atoms with Crippen LogP contribution in [-0.4, -0.2) is 11.6 Å². The molecule has 7 aromatic rings. The van der Waals surface area contributed by atoms with E-state index in [1.54, 1.807) is 34.8 Å². The van der Waals surface area contributed by atoms with Gasteiger partial charge in [0.1, 0.15) is 35.4 Å². The molecule has 6 heterocycles. The normalized spacial score (nSPS) is 15.7. The predicted molar refractivity (Wildman–Crippen MR) is 377 cm³/mol. The van der Waals surface area contributed by atoms with Crippen LogP contribution in [0.1, 0.15) is 270 Å². The largest absolute Gasteiger partial charge is 0.288 e. The number of nitriles is 4. The Morgan fingerprint density at radius 1 is 0.409 bits per heavy atom. The van der Waals surface area contributed by atoms with Gasteiger partial charge in [-0.15, -0.1) is 68.0 Å². The summed E-state index contributed by atoms with van der Waals surface area (Å²) < 4.78 is 5.95. The van der Waals surface area contributed by atoms with Gasteiger partial charge in [-0.25, -0.2) is 0 Å². The minimum atomic E-state index is -0.235. The highest BCUT2D eigenvalue weighted by atomic mass is 35.5. The molecular formula is C74H76Cl2N4O2S6. The first-order chi connectivity index (χ1) is 42.9. The van der Waals surface area contributed by atoms with E-state index in [1.165, 1.54) is 213 Å². The third kappa shape index (κ3) is 12.0. The Balaban J connectivity index is 1.10. The van der Waals surface area contributed by atoms with Crippen molar-refractivity contribution in [3.8, 4) is 45.2 Å². The molecule has 14 heteroatoms. The van der Waals surface area contributed by atoms with Crippen molar-refractivity contribution in [3.63, 3.8) is 0 Å². The predicted octanol–water partition coefficient (Wildman–Crippen LogP) is 25.4. The Morgan fingerprint density at radius 3 is 1.05 bits per heavy atom. The number of ketones is 2. The number of hydrogen-bond donors (Lipinski definition) is 0. The maximum atomic E-state index is 14.3. The third-order valence-corrected chi connectivity index (χ3v) is 26.5. The van der Waals surface area contributed by atoms with E-state index < -0.39 is 0 Å². The van der Waals surface area contributed by atoms with Crippen LogP contribution in [0.5, 0.6) is 0 Å². The van der Waals surface area contributed by atoms with Crippen molar-refractivity contribution in [1.29, 1.82) is 21.0 Å². The van der Waals surface area contributed by atoms with Gasteiger partial charge >= 0.3 is 0 Å². The molecule has 0 amide bonds. The van der Waals surface area contributed by atoms with E-state index in [-0.39, 0.29) is 33.5 Å². The second kappa shape index (κ2) is 28.5. The monoisotopic (exact) mass is 1310 g/mol. The number of Topliss-reactive ketones (excluding diaryl/α,β-unsaturated/α-hetero) is 2. The number of rotatable bonds is 30. The second-order valence-electron chi connectivity index (χ2n) is 24.8. The van der Waals surface area contributed by atoms with Gasteiger partial charge in [0, 0.05) is 73.2 Å².